The van der Waals surface area contributed by atoms with Crippen LogP contribution in [0.3, 0.4) is 0 Å². The molecule has 0 spiro atoms. The number of halogens is 7. The monoisotopic (exact) mass is 460 g/mol. The third kappa shape index (κ3) is 6.36. The molecule has 7 heteroatoms. The fraction of sp³-hybridized carbons (Fsp3) is 0.440. The predicted octanol–water partition coefficient (Wildman–Crippen LogP) is 9.46. The highest BCUT2D eigenvalue weighted by Crippen LogP contribution is 2.36. The second kappa shape index (κ2) is 11.0. The van der Waals surface area contributed by atoms with E-state index in [1.54, 1.807) is 0 Å². The molecule has 0 N–H and O–H groups in total. The van der Waals surface area contributed by atoms with Gasteiger partial charge in [-0.2, -0.15) is 13.2 Å². The maximum Gasteiger partial charge on any atom is 0.419 e. The molecule has 0 aliphatic carbocycles. The molecule has 0 bridgehead atoms. The fourth-order valence-corrected chi connectivity index (χ4v) is 3.76. The van der Waals surface area contributed by atoms with Crippen LogP contribution in [0.1, 0.15) is 81.0 Å². The van der Waals surface area contributed by atoms with Crippen LogP contribution in [0.5, 0.6) is 0 Å². The van der Waals surface area contributed by atoms with Gasteiger partial charge in [0.15, 0.2) is 11.7 Å². The molecule has 2 unspecified atom stereocenters. The maximum absolute atomic E-state index is 14.6. The van der Waals surface area contributed by atoms with Crippen molar-refractivity contribution in [1.29, 1.82) is 0 Å². The Hall–Kier alpha value is -2.31. The highest BCUT2D eigenvalue weighted by Gasteiger charge is 2.34. The average Bonchev–Trinajstić information content (AvgIpc) is 2.74. The van der Waals surface area contributed by atoms with Crippen LogP contribution < -0.4 is 0 Å². The van der Waals surface area contributed by atoms with Crippen molar-refractivity contribution in [3.8, 4) is 0 Å². The Kier molecular flexibility index (Phi) is 8.93. The van der Waals surface area contributed by atoms with Crippen LogP contribution in [0.25, 0.3) is 11.7 Å². The van der Waals surface area contributed by atoms with Gasteiger partial charge < -0.3 is 0 Å². The van der Waals surface area contributed by atoms with Crippen LogP contribution in [0.15, 0.2) is 36.4 Å². The lowest BCUT2D eigenvalue weighted by atomic mass is 9.88. The van der Waals surface area contributed by atoms with Crippen LogP contribution >= 0.6 is 0 Å². The zero-order valence-electron chi connectivity index (χ0n) is 18.3. The van der Waals surface area contributed by atoms with E-state index in [0.717, 1.165) is 44.2 Å². The number of hydrogen-bond donors (Lipinski definition) is 0. The molecule has 2 aromatic rings. The van der Waals surface area contributed by atoms with E-state index in [1.165, 1.54) is 6.07 Å². The lowest BCUT2D eigenvalue weighted by Gasteiger charge is -2.18. The van der Waals surface area contributed by atoms with Gasteiger partial charge in [-0.15, -0.1) is 0 Å². The highest BCUT2D eigenvalue weighted by atomic mass is 19.4. The first-order valence-electron chi connectivity index (χ1n) is 10.7. The molecule has 0 aliphatic heterocycles. The van der Waals surface area contributed by atoms with Crippen LogP contribution in [-0.4, -0.2) is 0 Å². The molecule has 2 atom stereocenters. The van der Waals surface area contributed by atoms with Crippen molar-refractivity contribution < 1.29 is 30.7 Å². The second-order valence-corrected chi connectivity index (χ2v) is 8.10. The zero-order valence-corrected chi connectivity index (χ0v) is 18.3. The summed E-state index contributed by atoms with van der Waals surface area (Å²) < 4.78 is 95.2. The zero-order chi connectivity index (χ0) is 24.1. The minimum atomic E-state index is -4.96. The lowest BCUT2D eigenvalue weighted by molar-refractivity contribution is -0.140. The standard InChI is InChI=1S/C25H27F7/c1-4-6-16(5-2)8-7-15(3)17-9-11-19(21(26)13-17)24(29)23(28)18-10-12-20(22(27)14-18)25(30,31)32/h9-16H,4-8H2,1-3H3/b24-23+. The third-order valence-electron chi connectivity index (χ3n) is 5.80. The molecule has 2 aromatic carbocycles. The lowest BCUT2D eigenvalue weighted by Crippen LogP contribution is -2.08. The van der Waals surface area contributed by atoms with E-state index in [4.69, 9.17) is 0 Å². The van der Waals surface area contributed by atoms with E-state index in [0.29, 0.717) is 23.6 Å². The Labute approximate surface area is 184 Å². The van der Waals surface area contributed by atoms with Crippen molar-refractivity contribution >= 4 is 11.7 Å². The smallest absolute Gasteiger partial charge is 0.206 e. The van der Waals surface area contributed by atoms with Crippen LogP contribution in [-0.2, 0) is 6.18 Å². The molecule has 0 aromatic heterocycles. The van der Waals surface area contributed by atoms with Gasteiger partial charge in [0.25, 0.3) is 0 Å². The maximum atomic E-state index is 14.6. The highest BCUT2D eigenvalue weighted by molar-refractivity contribution is 5.83. The number of rotatable bonds is 9. The molecule has 0 radical (unpaired) electrons. The van der Waals surface area contributed by atoms with Gasteiger partial charge in [-0.3, -0.25) is 0 Å². The number of alkyl halides is 3. The van der Waals surface area contributed by atoms with Gasteiger partial charge in [-0.25, -0.2) is 17.6 Å². The van der Waals surface area contributed by atoms with E-state index in [9.17, 15) is 30.7 Å². The summed E-state index contributed by atoms with van der Waals surface area (Å²) in [6, 6.07) is 4.91. The fourth-order valence-electron chi connectivity index (χ4n) is 3.76. The van der Waals surface area contributed by atoms with Gasteiger partial charge in [-0.05, 0) is 54.5 Å². The first-order chi connectivity index (χ1) is 15.0. The Morgan fingerprint density at radius 1 is 0.844 bits per heavy atom. The number of hydrogen-bond acceptors (Lipinski definition) is 0. The Morgan fingerprint density at radius 3 is 2.06 bits per heavy atom. The SMILES string of the molecule is CCCC(CC)CCC(C)c1ccc(/C(F)=C(\F)c2ccc(C(F)(F)F)c(F)c2)c(F)c1. The summed E-state index contributed by atoms with van der Waals surface area (Å²) in [6.07, 6.45) is 0.125. The van der Waals surface area contributed by atoms with Crippen molar-refractivity contribution in [2.45, 2.75) is 65.0 Å². The van der Waals surface area contributed by atoms with Gasteiger partial charge in [-0.1, -0.05) is 52.2 Å². The predicted molar refractivity (Wildman–Crippen MR) is 113 cm³/mol. The van der Waals surface area contributed by atoms with Crippen LogP contribution in [0.4, 0.5) is 30.7 Å². The van der Waals surface area contributed by atoms with Crippen LogP contribution in [0, 0.1) is 17.6 Å². The quantitative estimate of drug-likeness (QED) is 0.258. The minimum absolute atomic E-state index is 0.0188. The van der Waals surface area contributed by atoms with Crippen molar-refractivity contribution in [1.82, 2.24) is 0 Å². The summed E-state index contributed by atoms with van der Waals surface area (Å²) in [5.74, 6) is -5.36. The van der Waals surface area contributed by atoms with E-state index in [1.807, 2.05) is 6.92 Å². The summed E-state index contributed by atoms with van der Waals surface area (Å²) in [5.41, 5.74) is -2.36. The van der Waals surface area contributed by atoms with E-state index in [-0.39, 0.29) is 12.0 Å². The Bertz CT molecular complexity index is 944. The molecule has 0 nitrogen and oxygen atoms in total. The normalized spacial score (nSPS) is 14.8. The molecule has 0 fully saturated rings. The molecule has 176 valence electrons. The molecule has 2 rings (SSSR count). The minimum Gasteiger partial charge on any atom is -0.206 e. The molecule has 0 aliphatic rings. The van der Waals surface area contributed by atoms with Crippen molar-refractivity contribution in [3.63, 3.8) is 0 Å². The van der Waals surface area contributed by atoms with Gasteiger partial charge >= 0.3 is 6.18 Å². The van der Waals surface area contributed by atoms with Crippen molar-refractivity contribution in [2.24, 2.45) is 5.92 Å². The Morgan fingerprint density at radius 2 is 1.53 bits per heavy atom. The average molecular weight is 460 g/mol. The molecule has 0 heterocycles. The molecular formula is C25H27F7. The van der Waals surface area contributed by atoms with E-state index in [2.05, 4.69) is 13.8 Å². The Balaban J connectivity index is 2.24. The van der Waals surface area contributed by atoms with Crippen LogP contribution in [0.2, 0.25) is 0 Å². The first-order valence-corrected chi connectivity index (χ1v) is 10.7. The third-order valence-corrected chi connectivity index (χ3v) is 5.80. The van der Waals surface area contributed by atoms with E-state index < -0.39 is 46.2 Å². The van der Waals surface area contributed by atoms with Gasteiger partial charge in [0.2, 0.25) is 0 Å². The second-order valence-electron chi connectivity index (χ2n) is 8.10. The number of benzene rings is 2. The largest absolute Gasteiger partial charge is 0.419 e. The van der Waals surface area contributed by atoms with E-state index >= 15 is 0 Å². The van der Waals surface area contributed by atoms with Gasteiger partial charge in [0.05, 0.1) is 5.56 Å². The summed E-state index contributed by atoms with van der Waals surface area (Å²) in [7, 11) is 0. The summed E-state index contributed by atoms with van der Waals surface area (Å²) in [4.78, 5) is 0. The van der Waals surface area contributed by atoms with Gasteiger partial charge in [0.1, 0.15) is 11.6 Å². The summed E-state index contributed by atoms with van der Waals surface area (Å²) in [6.45, 7) is 6.19. The molecule has 0 saturated carbocycles. The summed E-state index contributed by atoms with van der Waals surface area (Å²) >= 11 is 0. The van der Waals surface area contributed by atoms with Gasteiger partial charge in [0, 0.05) is 11.1 Å². The topological polar surface area (TPSA) is 0 Å². The van der Waals surface area contributed by atoms with Crippen molar-refractivity contribution in [3.05, 3.63) is 70.3 Å². The van der Waals surface area contributed by atoms with Crippen molar-refractivity contribution in [2.75, 3.05) is 0 Å². The molecular weight excluding hydrogens is 433 g/mol. The molecule has 32 heavy (non-hydrogen) atoms. The molecule has 0 saturated heterocycles. The summed E-state index contributed by atoms with van der Waals surface area (Å²) in [5, 5.41) is 0. The first kappa shape index (κ1) is 25.9. The molecule has 0 amide bonds.